The molecule has 4 aliphatic heterocycles. The molecule has 1 aromatic rings. The van der Waals surface area contributed by atoms with Crippen LogP contribution in [0.2, 0.25) is 0 Å². The van der Waals surface area contributed by atoms with Crippen molar-refractivity contribution in [3.63, 3.8) is 0 Å². The lowest BCUT2D eigenvalue weighted by molar-refractivity contribution is 0.00258. The van der Waals surface area contributed by atoms with Gasteiger partial charge < -0.3 is 9.80 Å². The molecule has 3 heteroatoms. The van der Waals surface area contributed by atoms with Crippen LogP contribution < -0.4 is 0 Å². The summed E-state index contributed by atoms with van der Waals surface area (Å²) in [5.41, 5.74) is -2.68. The van der Waals surface area contributed by atoms with Crippen molar-refractivity contribution >= 4 is 5.91 Å². The second kappa shape index (κ2) is 4.82. The van der Waals surface area contributed by atoms with Gasteiger partial charge in [-0.05, 0) is 68.1 Å². The molecule has 22 heavy (non-hydrogen) atoms. The molecule has 3 fully saturated rings. The van der Waals surface area contributed by atoms with Crippen LogP contribution in [0.4, 0.5) is 0 Å². The maximum absolute atomic E-state index is 13.9. The Hall–Kier alpha value is -1.35. The van der Waals surface area contributed by atoms with Crippen LogP contribution in [0.15, 0.2) is 18.1 Å². The zero-order valence-corrected chi connectivity index (χ0v) is 11.9. The van der Waals surface area contributed by atoms with Crippen LogP contribution >= 0.6 is 0 Å². The summed E-state index contributed by atoms with van der Waals surface area (Å²) in [6.45, 7) is -2.21. The average Bonchev–Trinajstić information content (AvgIpc) is 2.74. The minimum Gasteiger partial charge on any atom is -0.333 e. The Balaban J connectivity index is 1.94. The minimum absolute atomic E-state index is 0.0878. The first-order valence-corrected chi connectivity index (χ1v) is 7.53. The van der Waals surface area contributed by atoms with Crippen molar-refractivity contribution in [1.29, 1.82) is 0 Å². The Morgan fingerprint density at radius 1 is 1.32 bits per heavy atom. The average molecular weight is 309 g/mol. The molecule has 2 bridgehead atoms. The van der Waals surface area contributed by atoms with Crippen LogP contribution in [0.3, 0.4) is 0 Å². The first-order valence-electron chi connectivity index (χ1n) is 14.0. The largest absolute Gasteiger partial charge is 0.333 e. The zero-order chi connectivity index (χ0) is 26.3. The van der Waals surface area contributed by atoms with Gasteiger partial charge in [0.15, 0.2) is 0 Å². The number of nitrogens with zero attached hydrogens (tertiary/aromatic N) is 2. The molecule has 116 valence electrons. The van der Waals surface area contributed by atoms with Crippen molar-refractivity contribution < 1.29 is 22.6 Å². The molecular formula is C19H24N2O. The molecular weight excluding hydrogens is 272 g/mol. The maximum atomic E-state index is 13.9. The fourth-order valence-electron chi connectivity index (χ4n) is 3.73. The van der Waals surface area contributed by atoms with Crippen molar-refractivity contribution in [2.45, 2.75) is 43.9 Å². The van der Waals surface area contributed by atoms with Crippen molar-refractivity contribution in [3.8, 4) is 0 Å². The van der Waals surface area contributed by atoms with Gasteiger partial charge in [0.25, 0.3) is 5.91 Å². The zero-order valence-electron chi connectivity index (χ0n) is 24.9. The summed E-state index contributed by atoms with van der Waals surface area (Å²) in [6.07, 6.45) is -9.60. The first kappa shape index (κ1) is 5.62. The highest BCUT2D eigenvalue weighted by molar-refractivity contribution is 5.97. The third-order valence-electron chi connectivity index (χ3n) is 4.87. The van der Waals surface area contributed by atoms with Gasteiger partial charge in [-0.2, -0.15) is 0 Å². The number of carbonyl (C=O) groups excluding carboxylic acids is 1. The van der Waals surface area contributed by atoms with E-state index in [9.17, 15) is 7.54 Å². The number of carbonyl (C=O) groups is 1. The monoisotopic (exact) mass is 309 g/mol. The molecule has 1 aromatic carbocycles. The Morgan fingerprint density at radius 3 is 2.95 bits per heavy atom. The summed E-state index contributed by atoms with van der Waals surface area (Å²) in [4.78, 5) is 16.2. The predicted octanol–water partition coefficient (Wildman–Crippen LogP) is 2.66. The van der Waals surface area contributed by atoms with Crippen LogP contribution in [-0.4, -0.2) is 47.9 Å². The lowest BCUT2D eigenvalue weighted by Gasteiger charge is -2.51. The second-order valence-corrected chi connectivity index (χ2v) is 6.04. The lowest BCUT2D eigenvalue weighted by atomic mass is 9.75. The third kappa shape index (κ3) is 1.81. The van der Waals surface area contributed by atoms with E-state index in [4.69, 9.17) is 15.1 Å². The van der Waals surface area contributed by atoms with Crippen molar-refractivity contribution in [3.05, 3.63) is 34.8 Å². The van der Waals surface area contributed by atoms with E-state index >= 15 is 0 Å². The summed E-state index contributed by atoms with van der Waals surface area (Å²) in [6, 6.07) is -4.76. The second-order valence-electron chi connectivity index (χ2n) is 6.04. The molecule has 0 aromatic heterocycles. The van der Waals surface area contributed by atoms with Crippen LogP contribution in [-0.2, 0) is 6.37 Å². The fourth-order valence-corrected chi connectivity index (χ4v) is 3.73. The molecule has 0 radical (unpaired) electrons. The van der Waals surface area contributed by atoms with E-state index in [-0.39, 0.29) is 6.54 Å². The van der Waals surface area contributed by atoms with Crippen molar-refractivity contribution in [2.24, 2.45) is 5.92 Å². The van der Waals surface area contributed by atoms with E-state index in [1.807, 2.05) is 4.90 Å². The van der Waals surface area contributed by atoms with Crippen LogP contribution in [0.5, 0.6) is 0 Å². The smallest absolute Gasteiger partial charge is 0.254 e. The van der Waals surface area contributed by atoms with E-state index in [0.29, 0.717) is 30.8 Å². The third-order valence-corrected chi connectivity index (χ3v) is 4.87. The molecule has 3 nitrogen and oxygen atoms in total. The van der Waals surface area contributed by atoms with Crippen LogP contribution in [0.25, 0.3) is 0 Å². The number of benzene rings is 1. The maximum Gasteiger partial charge on any atom is 0.254 e. The SMILES string of the molecule is [2H]c1c([2H])c2c3c(c1[2H])C([2H])([2H])C([2H])([2H])C([2H])([2H])[C@]3([2H])C([2H])([2H])N([C@]1([2H])CN3CCC1CC3)C2=O. The molecule has 1 amide bonds. The first-order chi connectivity index (χ1) is 15.8. The number of hydrogen-bond donors (Lipinski definition) is 0. The molecule has 1 aliphatic carbocycles. The Morgan fingerprint density at radius 2 is 2.18 bits per heavy atom. The molecule has 0 unspecified atom stereocenters. The summed E-state index contributed by atoms with van der Waals surface area (Å²) < 4.78 is 112. The Kier molecular flexibility index (Phi) is 1.23. The van der Waals surface area contributed by atoms with Gasteiger partial charge >= 0.3 is 0 Å². The van der Waals surface area contributed by atoms with Crippen molar-refractivity contribution in [1.82, 2.24) is 9.80 Å². The fraction of sp³-hybridized carbons (Fsp3) is 0.632. The number of fused-ring (bicyclic) bond motifs is 3. The van der Waals surface area contributed by atoms with E-state index in [1.54, 1.807) is 0 Å². The van der Waals surface area contributed by atoms with Gasteiger partial charge in [-0.25, -0.2) is 0 Å². The van der Waals surface area contributed by atoms with Gasteiger partial charge in [0.1, 0.15) is 0 Å². The number of piperidine rings is 3. The topological polar surface area (TPSA) is 23.6 Å². The van der Waals surface area contributed by atoms with E-state index in [1.165, 1.54) is 0 Å². The Bertz CT molecular complexity index is 1160. The highest BCUT2D eigenvalue weighted by Crippen LogP contribution is 2.41. The number of amides is 1. The van der Waals surface area contributed by atoms with Crippen molar-refractivity contribution in [2.75, 3.05) is 26.1 Å². The molecule has 6 rings (SSSR count). The van der Waals surface area contributed by atoms with Gasteiger partial charge in [0.2, 0.25) is 0 Å². The number of rotatable bonds is 1. The normalized spacial score (nSPS) is 60.8. The summed E-state index contributed by atoms with van der Waals surface area (Å²) in [5, 5.41) is 0. The van der Waals surface area contributed by atoms with Gasteiger partial charge in [0.05, 0.1) is 8.22 Å². The van der Waals surface area contributed by atoms with E-state index < -0.39 is 84.2 Å². The predicted molar refractivity (Wildman–Crippen MR) is 86.1 cm³/mol. The standard InChI is InChI=1S/C19H24N2O/c22-19-16-6-2-4-14-3-1-5-15(18(14)16)11-21(19)17-12-20-9-7-13(17)8-10-20/h2,4,6,13,15,17H,1,3,5,7-12H2/t15-,17-/m1/s1/i1D2,2D,3D2,4D,5D2,6D,11D2,15D,17D. The molecule has 0 saturated carbocycles. The molecule has 5 aliphatic rings. The lowest BCUT2D eigenvalue weighted by Crippen LogP contribution is -2.60. The van der Waals surface area contributed by atoms with Gasteiger partial charge in [-0.3, -0.25) is 4.79 Å². The van der Waals surface area contributed by atoms with Crippen LogP contribution in [0, 0.1) is 5.92 Å². The van der Waals surface area contributed by atoms with Gasteiger partial charge in [0, 0.05) is 40.1 Å². The Labute approximate surface area is 150 Å². The quantitative estimate of drug-likeness (QED) is 0.796. The summed E-state index contributed by atoms with van der Waals surface area (Å²) in [5.74, 6) is -5.10. The highest BCUT2D eigenvalue weighted by atomic mass is 16.2. The summed E-state index contributed by atoms with van der Waals surface area (Å²) >= 11 is 0. The highest BCUT2D eigenvalue weighted by Gasteiger charge is 2.43. The van der Waals surface area contributed by atoms with Crippen LogP contribution in [0.1, 0.15) is 70.8 Å². The van der Waals surface area contributed by atoms with Gasteiger partial charge in [-0.1, -0.05) is 12.1 Å². The molecule has 4 heterocycles. The summed E-state index contributed by atoms with van der Waals surface area (Å²) in [7, 11) is 0. The minimum atomic E-state index is -3.61. The van der Waals surface area contributed by atoms with Gasteiger partial charge in [-0.15, -0.1) is 0 Å². The van der Waals surface area contributed by atoms with E-state index in [2.05, 4.69) is 0 Å². The van der Waals surface area contributed by atoms with E-state index in [0.717, 1.165) is 0 Å². The number of hydrogen-bond acceptors (Lipinski definition) is 2. The molecule has 2 atom stereocenters. The molecule has 0 N–H and O–H groups in total. The molecule has 3 saturated heterocycles. The molecule has 0 spiro atoms.